The minimum absolute atomic E-state index is 0.616. The van der Waals surface area contributed by atoms with E-state index in [0.29, 0.717) is 17.1 Å². The van der Waals surface area contributed by atoms with Crippen molar-refractivity contribution < 1.29 is 0 Å². The van der Waals surface area contributed by atoms with Crippen LogP contribution in [0.15, 0.2) is 67.1 Å². The molecule has 26 heavy (non-hydrogen) atoms. The van der Waals surface area contributed by atoms with E-state index in [1.165, 1.54) is 5.56 Å². The van der Waals surface area contributed by atoms with Gasteiger partial charge in [0.25, 0.3) is 0 Å². The van der Waals surface area contributed by atoms with Crippen LogP contribution in [0.3, 0.4) is 0 Å². The smallest absolute Gasteiger partial charge is 0.170 e. The molecule has 5 aromatic rings. The monoisotopic (exact) mass is 360 g/mol. The van der Waals surface area contributed by atoms with Gasteiger partial charge in [-0.2, -0.15) is 5.10 Å². The van der Waals surface area contributed by atoms with Crippen LogP contribution < -0.4 is 0 Å². The summed E-state index contributed by atoms with van der Waals surface area (Å²) in [6.07, 6.45) is 4.08. The summed E-state index contributed by atoms with van der Waals surface area (Å²) < 4.78 is 3.42. The number of hydrogen-bond donors (Lipinski definition) is 0. The second kappa shape index (κ2) is 5.93. The average molecular weight is 361 g/mol. The molecule has 3 aromatic heterocycles. The van der Waals surface area contributed by atoms with Crippen molar-refractivity contribution in [3.8, 4) is 5.69 Å². The standard InChI is InChI=1S/C19H13ClN6/c20-15-8-4-5-9-16(15)26-18-14(11-22-26)19-23-17(24-25(19)12-21-18)10-13-6-2-1-3-7-13/h1-9,11-12H,10H2. The van der Waals surface area contributed by atoms with Crippen molar-refractivity contribution in [1.82, 2.24) is 29.4 Å². The third kappa shape index (κ3) is 2.43. The lowest BCUT2D eigenvalue weighted by Crippen LogP contribution is -1.99. The van der Waals surface area contributed by atoms with Crippen molar-refractivity contribution in [3.05, 3.63) is 83.5 Å². The fourth-order valence-corrected chi connectivity index (χ4v) is 3.23. The minimum atomic E-state index is 0.616. The predicted octanol–water partition coefficient (Wildman–Crippen LogP) is 3.71. The number of halogens is 1. The highest BCUT2D eigenvalue weighted by atomic mass is 35.5. The lowest BCUT2D eigenvalue weighted by Gasteiger charge is -2.04. The van der Waals surface area contributed by atoms with E-state index in [1.54, 1.807) is 21.7 Å². The van der Waals surface area contributed by atoms with E-state index < -0.39 is 0 Å². The maximum absolute atomic E-state index is 6.31. The van der Waals surface area contributed by atoms with Crippen molar-refractivity contribution in [3.63, 3.8) is 0 Å². The summed E-state index contributed by atoms with van der Waals surface area (Å²) >= 11 is 6.31. The highest BCUT2D eigenvalue weighted by Gasteiger charge is 2.14. The fraction of sp³-hybridized carbons (Fsp3) is 0.0526. The fourth-order valence-electron chi connectivity index (χ4n) is 3.02. The van der Waals surface area contributed by atoms with Crippen molar-refractivity contribution in [2.45, 2.75) is 6.42 Å². The second-order valence-electron chi connectivity index (χ2n) is 5.95. The van der Waals surface area contributed by atoms with E-state index in [2.05, 4.69) is 27.3 Å². The summed E-state index contributed by atoms with van der Waals surface area (Å²) in [5.41, 5.74) is 3.38. The molecule has 0 unspecified atom stereocenters. The molecule has 7 heteroatoms. The largest absolute Gasteiger partial charge is 0.216 e. The van der Waals surface area contributed by atoms with Gasteiger partial charge in [0.2, 0.25) is 0 Å². The molecule has 0 spiro atoms. The highest BCUT2D eigenvalue weighted by molar-refractivity contribution is 6.32. The van der Waals surface area contributed by atoms with Crippen LogP contribution in [0.2, 0.25) is 5.02 Å². The summed E-state index contributed by atoms with van der Waals surface area (Å²) in [4.78, 5) is 9.20. The van der Waals surface area contributed by atoms with Crippen molar-refractivity contribution >= 4 is 28.3 Å². The van der Waals surface area contributed by atoms with Crippen LogP contribution >= 0.6 is 11.6 Å². The average Bonchev–Trinajstić information content (AvgIpc) is 3.26. The first kappa shape index (κ1) is 15.0. The van der Waals surface area contributed by atoms with Crippen molar-refractivity contribution in [2.75, 3.05) is 0 Å². The lowest BCUT2D eigenvalue weighted by atomic mass is 10.1. The van der Waals surface area contributed by atoms with Crippen LogP contribution in [0.4, 0.5) is 0 Å². The number of aromatic nitrogens is 6. The Morgan fingerprint density at radius 1 is 0.923 bits per heavy atom. The third-order valence-corrected chi connectivity index (χ3v) is 4.55. The summed E-state index contributed by atoms with van der Waals surface area (Å²) in [7, 11) is 0. The molecule has 0 N–H and O–H groups in total. The minimum Gasteiger partial charge on any atom is -0.216 e. The van der Waals surface area contributed by atoms with Gasteiger partial charge in [0.15, 0.2) is 17.1 Å². The van der Waals surface area contributed by atoms with Gasteiger partial charge in [-0.3, -0.25) is 0 Å². The Hall–Kier alpha value is -3.25. The third-order valence-electron chi connectivity index (χ3n) is 4.23. The number of nitrogens with zero attached hydrogens (tertiary/aromatic N) is 6. The Morgan fingerprint density at radius 2 is 1.73 bits per heavy atom. The van der Waals surface area contributed by atoms with E-state index in [9.17, 15) is 0 Å². The van der Waals surface area contributed by atoms with Gasteiger partial charge < -0.3 is 0 Å². The van der Waals surface area contributed by atoms with Gasteiger partial charge in [0.1, 0.15) is 6.33 Å². The second-order valence-corrected chi connectivity index (χ2v) is 6.36. The van der Waals surface area contributed by atoms with Gasteiger partial charge >= 0.3 is 0 Å². The molecule has 0 fully saturated rings. The molecule has 6 nitrogen and oxygen atoms in total. The normalized spacial score (nSPS) is 11.4. The van der Waals surface area contributed by atoms with Crippen LogP contribution in [0.1, 0.15) is 11.4 Å². The van der Waals surface area contributed by atoms with E-state index >= 15 is 0 Å². The first-order valence-electron chi connectivity index (χ1n) is 8.16. The van der Waals surface area contributed by atoms with Crippen LogP contribution in [-0.2, 0) is 6.42 Å². The number of benzene rings is 2. The van der Waals surface area contributed by atoms with E-state index in [1.807, 2.05) is 42.5 Å². The molecule has 5 rings (SSSR count). The van der Waals surface area contributed by atoms with Gasteiger partial charge in [-0.1, -0.05) is 54.1 Å². The molecule has 2 aromatic carbocycles. The molecular weight excluding hydrogens is 348 g/mol. The van der Waals surface area contributed by atoms with Crippen LogP contribution in [0.25, 0.3) is 22.4 Å². The number of fused-ring (bicyclic) bond motifs is 3. The Bertz CT molecular complexity index is 1220. The molecule has 0 aliphatic heterocycles. The molecule has 0 radical (unpaired) electrons. The molecule has 0 aliphatic rings. The van der Waals surface area contributed by atoms with E-state index in [-0.39, 0.29) is 0 Å². The van der Waals surface area contributed by atoms with Gasteiger partial charge in [-0.25, -0.2) is 19.2 Å². The summed E-state index contributed by atoms with van der Waals surface area (Å²) in [5, 5.41) is 10.4. The highest BCUT2D eigenvalue weighted by Crippen LogP contribution is 2.24. The van der Waals surface area contributed by atoms with Gasteiger partial charge in [-0.15, -0.1) is 5.10 Å². The maximum Gasteiger partial charge on any atom is 0.170 e. The number of para-hydroxylation sites is 1. The molecule has 0 aliphatic carbocycles. The summed E-state index contributed by atoms with van der Waals surface area (Å²) in [6.45, 7) is 0. The van der Waals surface area contributed by atoms with Crippen LogP contribution in [0, 0.1) is 0 Å². The molecular formula is C19H13ClN6. The Morgan fingerprint density at radius 3 is 2.58 bits per heavy atom. The van der Waals surface area contributed by atoms with Gasteiger partial charge in [-0.05, 0) is 17.7 Å². The van der Waals surface area contributed by atoms with Crippen LogP contribution in [0.5, 0.6) is 0 Å². The molecule has 0 amide bonds. The first-order valence-corrected chi connectivity index (χ1v) is 8.54. The lowest BCUT2D eigenvalue weighted by molar-refractivity contribution is 0.866. The molecule has 0 atom stereocenters. The number of rotatable bonds is 3. The molecule has 126 valence electrons. The van der Waals surface area contributed by atoms with Gasteiger partial charge in [0.05, 0.1) is 22.3 Å². The Balaban J connectivity index is 1.63. The summed E-state index contributed by atoms with van der Waals surface area (Å²) in [6, 6.07) is 17.7. The van der Waals surface area contributed by atoms with Crippen molar-refractivity contribution in [2.24, 2.45) is 0 Å². The van der Waals surface area contributed by atoms with E-state index in [4.69, 9.17) is 16.6 Å². The van der Waals surface area contributed by atoms with E-state index in [0.717, 1.165) is 22.5 Å². The Kier molecular flexibility index (Phi) is 3.43. The van der Waals surface area contributed by atoms with Crippen LogP contribution in [-0.4, -0.2) is 29.4 Å². The molecule has 0 bridgehead atoms. The zero-order valence-corrected chi connectivity index (χ0v) is 14.4. The zero-order chi connectivity index (χ0) is 17.5. The van der Waals surface area contributed by atoms with Crippen molar-refractivity contribution in [1.29, 1.82) is 0 Å². The Labute approximate surface area is 153 Å². The maximum atomic E-state index is 6.31. The topological polar surface area (TPSA) is 60.9 Å². The molecule has 0 saturated carbocycles. The molecule has 0 saturated heterocycles. The van der Waals surface area contributed by atoms with Gasteiger partial charge in [0, 0.05) is 6.42 Å². The zero-order valence-electron chi connectivity index (χ0n) is 13.6. The SMILES string of the molecule is Clc1ccccc1-n1ncc2c1ncn1nc(Cc3ccccc3)nc21. The first-order chi connectivity index (χ1) is 12.8. The summed E-state index contributed by atoms with van der Waals surface area (Å²) in [5.74, 6) is 0.746. The quantitative estimate of drug-likeness (QED) is 0.492. The number of hydrogen-bond acceptors (Lipinski definition) is 4. The molecule has 3 heterocycles. The predicted molar refractivity (Wildman–Crippen MR) is 99.7 cm³/mol.